The number of carbonyl (C=O) groups is 1. The molecule has 2 aromatic rings. The van der Waals surface area contributed by atoms with Crippen LogP contribution in [0.1, 0.15) is 40.0 Å². The summed E-state index contributed by atoms with van der Waals surface area (Å²) in [4.78, 5) is 12.0. The molecule has 0 aliphatic heterocycles. The zero-order valence-electron chi connectivity index (χ0n) is 15.7. The molecule has 0 aliphatic rings. The van der Waals surface area contributed by atoms with Gasteiger partial charge in [-0.1, -0.05) is 57.9 Å². The van der Waals surface area contributed by atoms with Crippen molar-refractivity contribution in [2.75, 3.05) is 6.61 Å². The van der Waals surface area contributed by atoms with Crippen LogP contribution < -0.4 is 9.47 Å². The van der Waals surface area contributed by atoms with Gasteiger partial charge in [0.15, 0.2) is 0 Å². The molecule has 2 aromatic carbocycles. The summed E-state index contributed by atoms with van der Waals surface area (Å²) in [6.07, 6.45) is 3.01. The smallest absolute Gasteiger partial charge is 0.329 e. The molecule has 2 unspecified atom stereocenters. The van der Waals surface area contributed by atoms with Gasteiger partial charge in [-0.15, -0.1) is 11.6 Å². The normalized spacial score (nSPS) is 13.1. The number of alkyl halides is 1. The number of carbonyl (C=O) groups excluding carboxylic acids is 1. The summed E-state index contributed by atoms with van der Waals surface area (Å²) in [6.45, 7) is 6.83. The third-order valence-corrected chi connectivity index (χ3v) is 5.00. The van der Waals surface area contributed by atoms with Gasteiger partial charge in [0.25, 0.3) is 0 Å². The van der Waals surface area contributed by atoms with Crippen molar-refractivity contribution in [2.45, 2.75) is 45.4 Å². The number of benzene rings is 2. The molecule has 0 aromatic heterocycles. The van der Waals surface area contributed by atoms with Gasteiger partial charge in [0.05, 0.1) is 6.61 Å². The molecule has 0 heterocycles. The van der Waals surface area contributed by atoms with Crippen LogP contribution in [0.15, 0.2) is 48.5 Å². The van der Waals surface area contributed by atoms with Gasteiger partial charge in [0.2, 0.25) is 0 Å². The maximum atomic E-state index is 12.0. The Morgan fingerprint density at radius 1 is 0.962 bits per heavy atom. The molecular weight excluding hydrogens is 348 g/mol. The zero-order chi connectivity index (χ0) is 18.9. The predicted molar refractivity (Wildman–Crippen MR) is 107 cm³/mol. The predicted octanol–water partition coefficient (Wildman–Crippen LogP) is 6.09. The quantitative estimate of drug-likeness (QED) is 0.230. The Hall–Kier alpha value is -2.00. The maximum Gasteiger partial charge on any atom is 0.329 e. The lowest BCUT2D eigenvalue weighted by Gasteiger charge is -2.15. The molecule has 0 bridgehead atoms. The average molecular weight is 375 g/mol. The summed E-state index contributed by atoms with van der Waals surface area (Å²) in [7, 11) is 0. The third kappa shape index (κ3) is 5.77. The van der Waals surface area contributed by atoms with Crippen LogP contribution in [-0.4, -0.2) is 18.0 Å². The van der Waals surface area contributed by atoms with E-state index in [0.717, 1.165) is 42.7 Å². The van der Waals surface area contributed by atoms with Crippen molar-refractivity contribution in [3.8, 4) is 22.6 Å². The van der Waals surface area contributed by atoms with Crippen LogP contribution in [0.4, 0.5) is 0 Å². The lowest BCUT2D eigenvalue weighted by molar-refractivity contribution is -0.134. The maximum absolute atomic E-state index is 12.0. The topological polar surface area (TPSA) is 35.5 Å². The summed E-state index contributed by atoms with van der Waals surface area (Å²) >= 11 is 6.13. The van der Waals surface area contributed by atoms with Crippen molar-refractivity contribution in [2.24, 2.45) is 5.92 Å². The molecule has 0 radical (unpaired) electrons. The first-order valence-electron chi connectivity index (χ1n) is 9.24. The van der Waals surface area contributed by atoms with E-state index in [-0.39, 0.29) is 5.92 Å². The third-order valence-electron chi connectivity index (χ3n) is 4.40. The molecule has 0 aliphatic carbocycles. The van der Waals surface area contributed by atoms with Crippen molar-refractivity contribution in [3.05, 3.63) is 48.5 Å². The van der Waals surface area contributed by atoms with Crippen LogP contribution in [0.3, 0.4) is 0 Å². The van der Waals surface area contributed by atoms with Crippen molar-refractivity contribution < 1.29 is 14.3 Å². The van der Waals surface area contributed by atoms with Crippen molar-refractivity contribution in [1.82, 2.24) is 0 Å². The second kappa shape index (κ2) is 10.2. The van der Waals surface area contributed by atoms with Crippen LogP contribution in [0.5, 0.6) is 11.5 Å². The second-order valence-electron chi connectivity index (χ2n) is 6.46. The highest BCUT2D eigenvalue weighted by atomic mass is 35.5. The van der Waals surface area contributed by atoms with E-state index in [1.807, 2.05) is 50.2 Å². The molecule has 2 rings (SSSR count). The largest absolute Gasteiger partial charge is 0.494 e. The number of hydrogen-bond acceptors (Lipinski definition) is 3. The van der Waals surface area contributed by atoms with Crippen LogP contribution in [0.2, 0.25) is 0 Å². The van der Waals surface area contributed by atoms with Gasteiger partial charge in [0, 0.05) is 0 Å². The van der Waals surface area contributed by atoms with Crippen LogP contribution >= 0.6 is 11.6 Å². The molecule has 0 spiro atoms. The number of unbranched alkanes of at least 4 members (excludes halogenated alkanes) is 1. The highest BCUT2D eigenvalue weighted by Crippen LogP contribution is 2.25. The molecular formula is C22H27ClO3. The Bertz CT molecular complexity index is 680. The van der Waals surface area contributed by atoms with E-state index >= 15 is 0 Å². The van der Waals surface area contributed by atoms with Crippen LogP contribution in [-0.2, 0) is 4.79 Å². The molecule has 0 saturated heterocycles. The average Bonchev–Trinajstić information content (AvgIpc) is 2.68. The fraction of sp³-hybridized carbons (Fsp3) is 0.409. The lowest BCUT2D eigenvalue weighted by Crippen LogP contribution is -2.26. The fourth-order valence-electron chi connectivity index (χ4n) is 2.41. The Kier molecular flexibility index (Phi) is 7.99. The minimum atomic E-state index is -0.625. The summed E-state index contributed by atoms with van der Waals surface area (Å²) in [5.41, 5.74) is 2.13. The van der Waals surface area contributed by atoms with E-state index in [4.69, 9.17) is 21.1 Å². The molecule has 3 nitrogen and oxygen atoms in total. The van der Waals surface area contributed by atoms with Gasteiger partial charge in [-0.05, 0) is 47.7 Å². The molecule has 0 N–H and O–H groups in total. The summed E-state index contributed by atoms with van der Waals surface area (Å²) < 4.78 is 11.1. The monoisotopic (exact) mass is 374 g/mol. The number of halogens is 1. The van der Waals surface area contributed by atoms with Gasteiger partial charge in [-0.3, -0.25) is 4.79 Å². The highest BCUT2D eigenvalue weighted by Gasteiger charge is 2.23. The van der Waals surface area contributed by atoms with Gasteiger partial charge < -0.3 is 9.47 Å². The first-order valence-corrected chi connectivity index (χ1v) is 9.67. The summed E-state index contributed by atoms with van der Waals surface area (Å²) in [6, 6.07) is 15.5. The first kappa shape index (κ1) is 20.3. The molecule has 2 atom stereocenters. The first-order chi connectivity index (χ1) is 12.5. The van der Waals surface area contributed by atoms with Gasteiger partial charge >= 0.3 is 5.97 Å². The Morgan fingerprint density at radius 2 is 1.50 bits per heavy atom. The standard InChI is InChI=1S/C22H27ClO3/c1-4-6-15-25-19-11-7-17(8-12-19)18-9-13-20(14-10-18)26-22(24)21(23)16(3)5-2/h7-14,16,21H,4-6,15H2,1-3H3. The van der Waals surface area contributed by atoms with Gasteiger partial charge in [-0.2, -0.15) is 0 Å². The van der Waals surface area contributed by atoms with E-state index < -0.39 is 11.3 Å². The number of ether oxygens (including phenoxy) is 2. The zero-order valence-corrected chi connectivity index (χ0v) is 16.5. The molecule has 0 fully saturated rings. The van der Waals surface area contributed by atoms with Gasteiger partial charge in [0.1, 0.15) is 16.9 Å². The van der Waals surface area contributed by atoms with Gasteiger partial charge in [-0.25, -0.2) is 0 Å². The fourth-order valence-corrected chi connectivity index (χ4v) is 2.63. The van der Waals surface area contributed by atoms with Crippen molar-refractivity contribution in [3.63, 3.8) is 0 Å². The second-order valence-corrected chi connectivity index (χ2v) is 6.93. The molecule has 26 heavy (non-hydrogen) atoms. The van der Waals surface area contributed by atoms with Crippen LogP contribution in [0.25, 0.3) is 11.1 Å². The molecule has 4 heteroatoms. The van der Waals surface area contributed by atoms with E-state index in [2.05, 4.69) is 6.92 Å². The van der Waals surface area contributed by atoms with Crippen molar-refractivity contribution >= 4 is 17.6 Å². The molecule has 0 amide bonds. The number of hydrogen-bond donors (Lipinski definition) is 0. The molecule has 140 valence electrons. The molecule has 0 saturated carbocycles. The SMILES string of the molecule is CCCCOc1ccc(-c2ccc(OC(=O)C(Cl)C(C)CC)cc2)cc1. The Balaban J connectivity index is 1.97. The highest BCUT2D eigenvalue weighted by molar-refractivity contribution is 6.30. The summed E-state index contributed by atoms with van der Waals surface area (Å²) in [5.74, 6) is 1.07. The van der Waals surface area contributed by atoms with Crippen molar-refractivity contribution in [1.29, 1.82) is 0 Å². The van der Waals surface area contributed by atoms with Crippen LogP contribution in [0, 0.1) is 5.92 Å². The van der Waals surface area contributed by atoms with E-state index in [9.17, 15) is 4.79 Å². The lowest BCUT2D eigenvalue weighted by atomic mass is 10.0. The minimum absolute atomic E-state index is 0.0847. The minimum Gasteiger partial charge on any atom is -0.494 e. The van der Waals surface area contributed by atoms with E-state index in [1.54, 1.807) is 12.1 Å². The summed E-state index contributed by atoms with van der Waals surface area (Å²) in [5, 5.41) is -0.625. The number of rotatable bonds is 9. The van der Waals surface area contributed by atoms with E-state index in [0.29, 0.717) is 5.75 Å². The number of esters is 1. The Morgan fingerprint density at radius 3 is 2.00 bits per heavy atom. The van der Waals surface area contributed by atoms with E-state index in [1.165, 1.54) is 0 Å². The Labute approximate surface area is 161 Å².